The monoisotopic (exact) mass is 187 g/mol. The first-order valence-corrected chi connectivity index (χ1v) is 5.71. The molecule has 1 amide bonds. The van der Waals surface area contributed by atoms with E-state index in [1.807, 2.05) is 16.7 Å². The van der Waals surface area contributed by atoms with Crippen LogP contribution in [-0.4, -0.2) is 28.5 Å². The number of rotatable bonds is 4. The Morgan fingerprint density at radius 2 is 2.42 bits per heavy atom. The summed E-state index contributed by atoms with van der Waals surface area (Å²) in [7, 11) is 0. The summed E-state index contributed by atoms with van der Waals surface area (Å²) in [5.41, 5.74) is 0. The van der Waals surface area contributed by atoms with E-state index in [-0.39, 0.29) is 0 Å². The van der Waals surface area contributed by atoms with Crippen LogP contribution in [0.1, 0.15) is 33.1 Å². The highest BCUT2D eigenvalue weighted by Crippen LogP contribution is 2.21. The average Bonchev–Trinajstić information content (AvgIpc) is 2.47. The van der Waals surface area contributed by atoms with Crippen molar-refractivity contribution < 1.29 is 4.79 Å². The molecule has 0 bridgehead atoms. The molecule has 12 heavy (non-hydrogen) atoms. The summed E-state index contributed by atoms with van der Waals surface area (Å²) < 4.78 is 0. The number of carbonyl (C=O) groups excluding carboxylic acids is 1. The van der Waals surface area contributed by atoms with Crippen molar-refractivity contribution >= 4 is 17.7 Å². The molecular formula is C9H17NOS. The normalized spacial score (nSPS) is 20.2. The topological polar surface area (TPSA) is 20.3 Å². The van der Waals surface area contributed by atoms with Crippen LogP contribution in [0.2, 0.25) is 0 Å². The molecule has 0 saturated carbocycles. The zero-order valence-electron chi connectivity index (χ0n) is 7.88. The molecule has 0 aromatic heterocycles. The van der Waals surface area contributed by atoms with Gasteiger partial charge in [-0.25, -0.2) is 0 Å². The van der Waals surface area contributed by atoms with Gasteiger partial charge >= 0.3 is 0 Å². The Morgan fingerprint density at radius 3 is 2.92 bits per heavy atom. The zero-order valence-corrected chi connectivity index (χ0v) is 8.69. The molecular weight excluding hydrogens is 170 g/mol. The molecule has 0 N–H and O–H groups in total. The van der Waals surface area contributed by atoms with E-state index in [0.717, 1.165) is 25.1 Å². The van der Waals surface area contributed by atoms with Gasteiger partial charge in [-0.05, 0) is 25.5 Å². The SMILES string of the molecule is CCCSC(C)N1CCCC1=O. The molecule has 2 nitrogen and oxygen atoms in total. The minimum Gasteiger partial charge on any atom is -0.331 e. The number of nitrogens with zero attached hydrogens (tertiary/aromatic N) is 1. The quantitative estimate of drug-likeness (QED) is 0.671. The van der Waals surface area contributed by atoms with Gasteiger partial charge in [-0.3, -0.25) is 4.79 Å². The lowest BCUT2D eigenvalue weighted by atomic mass is 10.4. The van der Waals surface area contributed by atoms with Gasteiger partial charge in [-0.2, -0.15) is 0 Å². The lowest BCUT2D eigenvalue weighted by Crippen LogP contribution is -2.31. The minimum absolute atomic E-state index is 0.339. The van der Waals surface area contributed by atoms with E-state index in [1.165, 1.54) is 6.42 Å². The van der Waals surface area contributed by atoms with Crippen molar-refractivity contribution in [2.45, 2.75) is 38.5 Å². The van der Waals surface area contributed by atoms with Crippen molar-refractivity contribution in [3.8, 4) is 0 Å². The summed E-state index contributed by atoms with van der Waals surface area (Å²) >= 11 is 1.88. The molecule has 1 heterocycles. The number of carbonyl (C=O) groups is 1. The van der Waals surface area contributed by atoms with Crippen molar-refractivity contribution in [2.24, 2.45) is 0 Å². The second-order valence-corrected chi connectivity index (χ2v) is 4.58. The van der Waals surface area contributed by atoms with E-state index in [9.17, 15) is 4.79 Å². The Labute approximate surface area is 78.7 Å². The lowest BCUT2D eigenvalue weighted by Gasteiger charge is -2.23. The molecule has 1 aliphatic heterocycles. The third kappa shape index (κ3) is 2.41. The lowest BCUT2D eigenvalue weighted by molar-refractivity contribution is -0.128. The molecule has 1 saturated heterocycles. The van der Waals surface area contributed by atoms with Crippen LogP contribution in [0.5, 0.6) is 0 Å². The van der Waals surface area contributed by atoms with Crippen LogP contribution in [0.15, 0.2) is 0 Å². The molecule has 0 aromatic carbocycles. The molecule has 1 atom stereocenters. The van der Waals surface area contributed by atoms with Gasteiger partial charge in [0.2, 0.25) is 5.91 Å². The first kappa shape index (κ1) is 9.90. The van der Waals surface area contributed by atoms with Crippen molar-refractivity contribution in [1.29, 1.82) is 0 Å². The summed E-state index contributed by atoms with van der Waals surface area (Å²) in [6.45, 7) is 5.27. The first-order valence-electron chi connectivity index (χ1n) is 4.66. The van der Waals surface area contributed by atoms with Crippen molar-refractivity contribution in [1.82, 2.24) is 4.90 Å². The van der Waals surface area contributed by atoms with E-state index in [0.29, 0.717) is 11.3 Å². The highest BCUT2D eigenvalue weighted by Gasteiger charge is 2.24. The Morgan fingerprint density at radius 1 is 1.67 bits per heavy atom. The average molecular weight is 187 g/mol. The number of thioether (sulfide) groups is 1. The molecule has 0 aromatic rings. The van der Waals surface area contributed by atoms with E-state index in [1.54, 1.807) is 0 Å². The van der Waals surface area contributed by atoms with E-state index in [4.69, 9.17) is 0 Å². The Balaban J connectivity index is 2.30. The molecule has 1 unspecified atom stereocenters. The molecule has 0 aliphatic carbocycles. The van der Waals surface area contributed by atoms with Crippen LogP contribution in [0, 0.1) is 0 Å². The predicted molar refractivity (Wildman–Crippen MR) is 53.2 cm³/mol. The third-order valence-corrected chi connectivity index (χ3v) is 3.49. The van der Waals surface area contributed by atoms with E-state index < -0.39 is 0 Å². The summed E-state index contributed by atoms with van der Waals surface area (Å²) in [5, 5.41) is 0.389. The molecule has 1 fully saturated rings. The number of likely N-dealkylation sites (tertiary alicyclic amines) is 1. The summed E-state index contributed by atoms with van der Waals surface area (Å²) in [4.78, 5) is 13.3. The Hall–Kier alpha value is -0.180. The van der Waals surface area contributed by atoms with Gasteiger partial charge in [-0.1, -0.05) is 6.92 Å². The van der Waals surface area contributed by atoms with Crippen LogP contribution in [0.4, 0.5) is 0 Å². The van der Waals surface area contributed by atoms with Gasteiger partial charge in [0.15, 0.2) is 0 Å². The van der Waals surface area contributed by atoms with Gasteiger partial charge in [-0.15, -0.1) is 11.8 Å². The minimum atomic E-state index is 0.339. The predicted octanol–water partition coefficient (Wildman–Crippen LogP) is 2.10. The Kier molecular flexibility index (Phi) is 3.92. The maximum absolute atomic E-state index is 11.3. The van der Waals surface area contributed by atoms with Crippen LogP contribution in [0.3, 0.4) is 0 Å². The fourth-order valence-electron chi connectivity index (χ4n) is 1.43. The number of hydrogen-bond acceptors (Lipinski definition) is 2. The number of hydrogen-bond donors (Lipinski definition) is 0. The maximum atomic E-state index is 11.3. The molecule has 3 heteroatoms. The molecule has 0 spiro atoms. The van der Waals surface area contributed by atoms with Gasteiger partial charge in [0, 0.05) is 13.0 Å². The summed E-state index contributed by atoms with van der Waals surface area (Å²) in [5.74, 6) is 1.50. The second-order valence-electron chi connectivity index (χ2n) is 3.16. The van der Waals surface area contributed by atoms with Gasteiger partial charge in [0.25, 0.3) is 0 Å². The zero-order chi connectivity index (χ0) is 8.97. The van der Waals surface area contributed by atoms with Crippen molar-refractivity contribution in [3.05, 3.63) is 0 Å². The second kappa shape index (κ2) is 4.75. The van der Waals surface area contributed by atoms with Crippen LogP contribution in [0.25, 0.3) is 0 Å². The van der Waals surface area contributed by atoms with E-state index >= 15 is 0 Å². The molecule has 1 rings (SSSR count). The molecule has 1 aliphatic rings. The van der Waals surface area contributed by atoms with Crippen molar-refractivity contribution in [2.75, 3.05) is 12.3 Å². The summed E-state index contributed by atoms with van der Waals surface area (Å²) in [6, 6.07) is 0. The van der Waals surface area contributed by atoms with Crippen LogP contribution in [-0.2, 0) is 4.79 Å². The third-order valence-electron chi connectivity index (χ3n) is 2.11. The standard InChI is InChI=1S/C9H17NOS/c1-3-7-12-8(2)10-6-4-5-9(10)11/h8H,3-7H2,1-2H3. The van der Waals surface area contributed by atoms with Crippen LogP contribution < -0.4 is 0 Å². The molecule has 70 valence electrons. The van der Waals surface area contributed by atoms with Crippen LogP contribution >= 0.6 is 11.8 Å². The van der Waals surface area contributed by atoms with Crippen molar-refractivity contribution in [3.63, 3.8) is 0 Å². The van der Waals surface area contributed by atoms with E-state index in [2.05, 4.69) is 13.8 Å². The van der Waals surface area contributed by atoms with Gasteiger partial charge < -0.3 is 4.90 Å². The first-order chi connectivity index (χ1) is 5.75. The van der Waals surface area contributed by atoms with Gasteiger partial charge in [0.1, 0.15) is 0 Å². The fraction of sp³-hybridized carbons (Fsp3) is 0.889. The largest absolute Gasteiger partial charge is 0.331 e. The highest BCUT2D eigenvalue weighted by atomic mass is 32.2. The Bertz CT molecular complexity index is 161. The highest BCUT2D eigenvalue weighted by molar-refractivity contribution is 7.99. The number of amides is 1. The van der Waals surface area contributed by atoms with Gasteiger partial charge in [0.05, 0.1) is 5.37 Å². The fourth-order valence-corrected chi connectivity index (χ4v) is 2.41. The maximum Gasteiger partial charge on any atom is 0.223 e. The molecule has 0 radical (unpaired) electrons. The summed E-state index contributed by atoms with van der Waals surface area (Å²) in [6.07, 6.45) is 3.00. The smallest absolute Gasteiger partial charge is 0.223 e.